The van der Waals surface area contributed by atoms with Gasteiger partial charge in [-0.2, -0.15) is 0 Å². The zero-order chi connectivity index (χ0) is 11.1. The molecule has 1 aromatic rings. The summed E-state index contributed by atoms with van der Waals surface area (Å²) in [5.41, 5.74) is 6.30. The van der Waals surface area contributed by atoms with Crippen molar-refractivity contribution in [2.75, 3.05) is 32.0 Å². The van der Waals surface area contributed by atoms with E-state index in [0.29, 0.717) is 13.1 Å². The summed E-state index contributed by atoms with van der Waals surface area (Å²) in [5, 5.41) is 17.7. The first-order chi connectivity index (χ1) is 7.26. The van der Waals surface area contributed by atoms with Gasteiger partial charge in [-0.25, -0.2) is 4.31 Å². The number of aliphatic hydroxyl groups is 2. The van der Waals surface area contributed by atoms with Crippen LogP contribution in [0.2, 0.25) is 0 Å². The summed E-state index contributed by atoms with van der Waals surface area (Å²) < 4.78 is 1.91. The van der Waals surface area contributed by atoms with Crippen molar-refractivity contribution in [2.24, 2.45) is 0 Å². The van der Waals surface area contributed by atoms with Gasteiger partial charge in [0, 0.05) is 23.7 Å². The molecule has 0 amide bonds. The Labute approximate surface area is 93.8 Å². The molecule has 0 aliphatic heterocycles. The minimum atomic E-state index is 0.0853. The lowest BCUT2D eigenvalue weighted by Crippen LogP contribution is -2.22. The van der Waals surface area contributed by atoms with E-state index in [0.717, 1.165) is 10.6 Å². The van der Waals surface area contributed by atoms with Gasteiger partial charge in [-0.3, -0.25) is 0 Å². The summed E-state index contributed by atoms with van der Waals surface area (Å²) in [6.45, 7) is 1.25. The lowest BCUT2D eigenvalue weighted by molar-refractivity contribution is 0.226. The van der Waals surface area contributed by atoms with Crippen molar-refractivity contribution in [3.63, 3.8) is 0 Å². The molecule has 0 atom stereocenters. The van der Waals surface area contributed by atoms with Crippen LogP contribution in [0.5, 0.6) is 0 Å². The maximum atomic E-state index is 8.83. The lowest BCUT2D eigenvalue weighted by Gasteiger charge is -2.18. The Bertz CT molecular complexity index is 273. The van der Waals surface area contributed by atoms with Crippen molar-refractivity contribution in [1.82, 2.24) is 4.31 Å². The fourth-order valence-corrected chi connectivity index (χ4v) is 2.01. The zero-order valence-corrected chi connectivity index (χ0v) is 9.28. The Kier molecular flexibility index (Phi) is 5.49. The smallest absolute Gasteiger partial charge is 0.0568 e. The highest BCUT2D eigenvalue weighted by Crippen LogP contribution is 2.22. The predicted molar refractivity (Wildman–Crippen MR) is 62.5 cm³/mol. The van der Waals surface area contributed by atoms with Gasteiger partial charge >= 0.3 is 0 Å². The van der Waals surface area contributed by atoms with E-state index >= 15 is 0 Å². The molecule has 0 aliphatic carbocycles. The molecular formula is C10H16N2O2S. The normalized spacial score (nSPS) is 10.9. The van der Waals surface area contributed by atoms with Crippen molar-refractivity contribution in [2.45, 2.75) is 4.90 Å². The van der Waals surface area contributed by atoms with E-state index in [4.69, 9.17) is 15.9 Å². The van der Waals surface area contributed by atoms with Crippen LogP contribution in [-0.2, 0) is 0 Å². The first kappa shape index (κ1) is 12.3. The third kappa shape index (κ3) is 4.53. The van der Waals surface area contributed by atoms with E-state index in [1.807, 2.05) is 28.6 Å². The van der Waals surface area contributed by atoms with Gasteiger partial charge in [-0.15, -0.1) is 0 Å². The first-order valence-corrected chi connectivity index (χ1v) is 5.54. The van der Waals surface area contributed by atoms with Gasteiger partial charge in [0.25, 0.3) is 0 Å². The molecule has 1 rings (SSSR count). The van der Waals surface area contributed by atoms with Crippen LogP contribution in [0.3, 0.4) is 0 Å². The van der Waals surface area contributed by atoms with Crippen molar-refractivity contribution in [3.05, 3.63) is 24.3 Å². The number of hydrogen-bond donors (Lipinski definition) is 3. The molecule has 0 radical (unpaired) electrons. The molecule has 0 bridgehead atoms. The SMILES string of the molecule is Nc1ccc(SN(CCO)CCO)cc1. The van der Waals surface area contributed by atoms with Crippen molar-refractivity contribution in [1.29, 1.82) is 0 Å². The second-order valence-electron chi connectivity index (χ2n) is 3.04. The molecule has 0 saturated carbocycles. The van der Waals surface area contributed by atoms with Gasteiger partial charge in [0.15, 0.2) is 0 Å². The van der Waals surface area contributed by atoms with Gasteiger partial charge in [0.1, 0.15) is 0 Å². The average Bonchev–Trinajstić information content (AvgIpc) is 2.22. The molecule has 0 aliphatic rings. The summed E-state index contributed by atoms with van der Waals surface area (Å²) >= 11 is 1.50. The Morgan fingerprint density at radius 1 is 1.07 bits per heavy atom. The number of anilines is 1. The minimum Gasteiger partial charge on any atom is -0.399 e. The number of nitrogen functional groups attached to an aromatic ring is 1. The van der Waals surface area contributed by atoms with Crippen LogP contribution in [0, 0.1) is 0 Å². The van der Waals surface area contributed by atoms with Crippen LogP contribution in [-0.4, -0.2) is 40.8 Å². The Balaban J connectivity index is 2.53. The Hall–Kier alpha value is -0.750. The van der Waals surface area contributed by atoms with E-state index in [2.05, 4.69) is 0 Å². The molecule has 5 heteroatoms. The van der Waals surface area contributed by atoms with E-state index in [1.54, 1.807) is 0 Å². The van der Waals surface area contributed by atoms with Crippen LogP contribution in [0.25, 0.3) is 0 Å². The molecular weight excluding hydrogens is 212 g/mol. The van der Waals surface area contributed by atoms with Crippen molar-refractivity contribution < 1.29 is 10.2 Å². The fourth-order valence-electron chi connectivity index (χ4n) is 1.10. The first-order valence-electron chi connectivity index (χ1n) is 4.76. The number of aliphatic hydroxyl groups excluding tert-OH is 2. The van der Waals surface area contributed by atoms with Gasteiger partial charge in [-0.1, -0.05) is 0 Å². The average molecular weight is 228 g/mol. The standard InChI is InChI=1S/C10H16N2O2S/c11-9-1-3-10(4-2-9)15-12(5-7-13)6-8-14/h1-4,13-14H,5-8,11H2. The number of nitrogens with zero attached hydrogens (tertiary/aromatic N) is 1. The number of hydrogen-bond acceptors (Lipinski definition) is 5. The van der Waals surface area contributed by atoms with E-state index in [-0.39, 0.29) is 13.2 Å². The molecule has 0 spiro atoms. The lowest BCUT2D eigenvalue weighted by atomic mass is 10.3. The predicted octanol–water partition coefficient (Wildman–Crippen LogP) is 0.562. The number of rotatable bonds is 6. The largest absolute Gasteiger partial charge is 0.399 e. The quantitative estimate of drug-likeness (QED) is 0.490. The molecule has 4 nitrogen and oxygen atoms in total. The van der Waals surface area contributed by atoms with Gasteiger partial charge in [-0.05, 0) is 36.2 Å². The molecule has 0 heterocycles. The van der Waals surface area contributed by atoms with Crippen LogP contribution < -0.4 is 5.73 Å². The summed E-state index contributed by atoms with van der Waals surface area (Å²) in [5.74, 6) is 0. The molecule has 0 aromatic heterocycles. The number of benzene rings is 1. The van der Waals surface area contributed by atoms with Crippen LogP contribution in [0.4, 0.5) is 5.69 Å². The van der Waals surface area contributed by atoms with Crippen LogP contribution in [0.15, 0.2) is 29.2 Å². The van der Waals surface area contributed by atoms with Crippen LogP contribution >= 0.6 is 11.9 Å². The molecule has 4 N–H and O–H groups in total. The highest BCUT2D eigenvalue weighted by atomic mass is 32.2. The van der Waals surface area contributed by atoms with Crippen molar-refractivity contribution in [3.8, 4) is 0 Å². The zero-order valence-electron chi connectivity index (χ0n) is 8.47. The van der Waals surface area contributed by atoms with Gasteiger partial charge in [0.05, 0.1) is 13.2 Å². The fraction of sp³-hybridized carbons (Fsp3) is 0.400. The summed E-state index contributed by atoms with van der Waals surface area (Å²) in [7, 11) is 0. The van der Waals surface area contributed by atoms with Crippen LogP contribution in [0.1, 0.15) is 0 Å². The number of nitrogens with two attached hydrogens (primary N) is 1. The molecule has 0 saturated heterocycles. The summed E-state index contributed by atoms with van der Waals surface area (Å²) in [6, 6.07) is 7.50. The monoisotopic (exact) mass is 228 g/mol. The van der Waals surface area contributed by atoms with Gasteiger partial charge < -0.3 is 15.9 Å². The Morgan fingerprint density at radius 3 is 2.07 bits per heavy atom. The summed E-state index contributed by atoms with van der Waals surface area (Å²) in [4.78, 5) is 1.05. The highest BCUT2D eigenvalue weighted by Gasteiger charge is 2.05. The second kappa shape index (κ2) is 6.68. The third-order valence-electron chi connectivity index (χ3n) is 1.81. The highest BCUT2D eigenvalue weighted by molar-refractivity contribution is 7.97. The molecule has 84 valence electrons. The van der Waals surface area contributed by atoms with E-state index < -0.39 is 0 Å². The molecule has 1 aromatic carbocycles. The maximum Gasteiger partial charge on any atom is 0.0568 e. The third-order valence-corrected chi connectivity index (χ3v) is 2.92. The Morgan fingerprint density at radius 2 is 1.60 bits per heavy atom. The minimum absolute atomic E-state index is 0.0853. The van der Waals surface area contributed by atoms with E-state index in [1.165, 1.54) is 11.9 Å². The van der Waals surface area contributed by atoms with E-state index in [9.17, 15) is 0 Å². The molecule has 15 heavy (non-hydrogen) atoms. The summed E-state index contributed by atoms with van der Waals surface area (Å²) in [6.07, 6.45) is 0. The molecule has 0 fully saturated rings. The topological polar surface area (TPSA) is 69.7 Å². The molecule has 0 unspecified atom stereocenters. The van der Waals surface area contributed by atoms with Crippen molar-refractivity contribution >= 4 is 17.6 Å². The second-order valence-corrected chi connectivity index (χ2v) is 4.21. The maximum absolute atomic E-state index is 8.83. The van der Waals surface area contributed by atoms with Gasteiger partial charge in [0.2, 0.25) is 0 Å².